The standard InChI is InChI=1S/C18H22N2O3S/c1-3-13-19-18(21)15-9-11-16(12-10-15)24(22,23)20-17-8-6-5-7-14(17)4-2/h5-12,20H,3-4,13H2,1-2H3,(H,19,21). The van der Waals surface area contributed by atoms with E-state index in [0.717, 1.165) is 18.4 Å². The Morgan fingerprint density at radius 1 is 1.00 bits per heavy atom. The first-order valence-electron chi connectivity index (χ1n) is 7.97. The van der Waals surface area contributed by atoms with Crippen molar-refractivity contribution >= 4 is 21.6 Å². The number of nitrogens with one attached hydrogen (secondary N) is 2. The van der Waals surface area contributed by atoms with Gasteiger partial charge in [0, 0.05) is 12.1 Å². The van der Waals surface area contributed by atoms with Gasteiger partial charge in [0.1, 0.15) is 0 Å². The quantitative estimate of drug-likeness (QED) is 0.808. The maximum atomic E-state index is 12.5. The van der Waals surface area contributed by atoms with Gasteiger partial charge < -0.3 is 5.32 Å². The molecule has 0 radical (unpaired) electrons. The molecule has 2 aromatic carbocycles. The van der Waals surface area contributed by atoms with Crippen molar-refractivity contribution in [2.24, 2.45) is 0 Å². The van der Waals surface area contributed by atoms with Crippen molar-refractivity contribution in [3.63, 3.8) is 0 Å². The largest absolute Gasteiger partial charge is 0.352 e. The lowest BCUT2D eigenvalue weighted by molar-refractivity contribution is 0.0953. The average Bonchev–Trinajstić information content (AvgIpc) is 2.60. The van der Waals surface area contributed by atoms with E-state index in [2.05, 4.69) is 10.0 Å². The lowest BCUT2D eigenvalue weighted by atomic mass is 10.1. The van der Waals surface area contributed by atoms with Gasteiger partial charge in [-0.05, 0) is 48.7 Å². The molecule has 0 saturated carbocycles. The molecule has 6 heteroatoms. The van der Waals surface area contributed by atoms with Gasteiger partial charge in [-0.1, -0.05) is 32.0 Å². The van der Waals surface area contributed by atoms with E-state index in [-0.39, 0.29) is 10.8 Å². The first kappa shape index (κ1) is 18.0. The first-order chi connectivity index (χ1) is 11.5. The molecule has 1 amide bonds. The van der Waals surface area contributed by atoms with Crippen LogP contribution in [0, 0.1) is 0 Å². The Kier molecular flexibility index (Phi) is 5.98. The Balaban J connectivity index is 2.19. The van der Waals surface area contributed by atoms with E-state index in [1.54, 1.807) is 12.1 Å². The van der Waals surface area contributed by atoms with Crippen LogP contribution in [-0.4, -0.2) is 20.9 Å². The van der Waals surface area contributed by atoms with Crippen molar-refractivity contribution in [3.8, 4) is 0 Å². The van der Waals surface area contributed by atoms with E-state index in [4.69, 9.17) is 0 Å². The minimum absolute atomic E-state index is 0.125. The van der Waals surface area contributed by atoms with E-state index in [1.807, 2.05) is 26.0 Å². The summed E-state index contributed by atoms with van der Waals surface area (Å²) >= 11 is 0. The third kappa shape index (κ3) is 4.35. The SMILES string of the molecule is CCCNC(=O)c1ccc(S(=O)(=O)Nc2ccccc2CC)cc1. The Hall–Kier alpha value is -2.34. The van der Waals surface area contributed by atoms with Gasteiger partial charge in [-0.2, -0.15) is 0 Å². The minimum atomic E-state index is -3.69. The normalized spacial score (nSPS) is 11.1. The Labute approximate surface area is 143 Å². The fourth-order valence-electron chi connectivity index (χ4n) is 2.26. The number of para-hydroxylation sites is 1. The number of carbonyl (C=O) groups excluding carboxylic acids is 1. The van der Waals surface area contributed by atoms with E-state index < -0.39 is 10.0 Å². The molecule has 2 aromatic rings. The monoisotopic (exact) mass is 346 g/mol. The van der Waals surface area contributed by atoms with Crippen LogP contribution >= 0.6 is 0 Å². The van der Waals surface area contributed by atoms with Crippen LogP contribution in [-0.2, 0) is 16.4 Å². The fourth-order valence-corrected chi connectivity index (χ4v) is 3.36. The molecule has 128 valence electrons. The summed E-state index contributed by atoms with van der Waals surface area (Å²) in [5.74, 6) is -0.204. The molecule has 0 spiro atoms. The summed E-state index contributed by atoms with van der Waals surface area (Å²) in [4.78, 5) is 12.0. The predicted molar refractivity (Wildman–Crippen MR) is 95.7 cm³/mol. The van der Waals surface area contributed by atoms with Gasteiger partial charge in [0.05, 0.1) is 10.6 Å². The topological polar surface area (TPSA) is 75.3 Å². The molecule has 24 heavy (non-hydrogen) atoms. The van der Waals surface area contributed by atoms with Crippen LogP contribution in [0.5, 0.6) is 0 Å². The van der Waals surface area contributed by atoms with Gasteiger partial charge in [-0.3, -0.25) is 9.52 Å². The molecule has 0 aliphatic heterocycles. The lowest BCUT2D eigenvalue weighted by Gasteiger charge is -2.12. The van der Waals surface area contributed by atoms with E-state index >= 15 is 0 Å². The summed E-state index contributed by atoms with van der Waals surface area (Å²) in [6.45, 7) is 4.53. The van der Waals surface area contributed by atoms with E-state index in [1.165, 1.54) is 24.3 Å². The summed E-state index contributed by atoms with van der Waals surface area (Å²) in [7, 11) is -3.69. The summed E-state index contributed by atoms with van der Waals surface area (Å²) in [6, 6.07) is 13.2. The van der Waals surface area contributed by atoms with Crippen molar-refractivity contribution in [1.29, 1.82) is 0 Å². The highest BCUT2D eigenvalue weighted by atomic mass is 32.2. The van der Waals surface area contributed by atoms with Crippen LogP contribution in [0.3, 0.4) is 0 Å². The van der Waals surface area contributed by atoms with Crippen molar-refractivity contribution in [3.05, 3.63) is 59.7 Å². The smallest absolute Gasteiger partial charge is 0.261 e. The third-order valence-corrected chi connectivity index (χ3v) is 4.99. The van der Waals surface area contributed by atoms with Gasteiger partial charge in [0.15, 0.2) is 0 Å². The van der Waals surface area contributed by atoms with Crippen molar-refractivity contribution in [1.82, 2.24) is 5.32 Å². The third-order valence-electron chi connectivity index (χ3n) is 3.60. The number of sulfonamides is 1. The van der Waals surface area contributed by atoms with Crippen LogP contribution in [0.2, 0.25) is 0 Å². The fraction of sp³-hybridized carbons (Fsp3) is 0.278. The molecule has 2 N–H and O–H groups in total. The number of hydrogen-bond acceptors (Lipinski definition) is 3. The highest BCUT2D eigenvalue weighted by molar-refractivity contribution is 7.92. The number of amides is 1. The van der Waals surface area contributed by atoms with Gasteiger partial charge in [-0.25, -0.2) is 8.42 Å². The number of carbonyl (C=O) groups is 1. The second kappa shape index (κ2) is 7.97. The van der Waals surface area contributed by atoms with Gasteiger partial charge in [-0.15, -0.1) is 0 Å². The van der Waals surface area contributed by atoms with Gasteiger partial charge in [0.25, 0.3) is 15.9 Å². The number of anilines is 1. The number of aryl methyl sites for hydroxylation is 1. The van der Waals surface area contributed by atoms with Gasteiger partial charge >= 0.3 is 0 Å². The molecule has 0 unspecified atom stereocenters. The predicted octanol–water partition coefficient (Wildman–Crippen LogP) is 3.19. The van der Waals surface area contributed by atoms with Crippen molar-refractivity contribution < 1.29 is 13.2 Å². The second-order valence-corrected chi connectivity index (χ2v) is 7.08. The number of benzene rings is 2. The van der Waals surface area contributed by atoms with Crippen molar-refractivity contribution in [2.75, 3.05) is 11.3 Å². The van der Waals surface area contributed by atoms with Crippen molar-refractivity contribution in [2.45, 2.75) is 31.6 Å². The minimum Gasteiger partial charge on any atom is -0.352 e. The van der Waals surface area contributed by atoms with Crippen LogP contribution in [0.1, 0.15) is 36.2 Å². The molecule has 0 aromatic heterocycles. The maximum Gasteiger partial charge on any atom is 0.261 e. The molecule has 0 fully saturated rings. The molecule has 0 bridgehead atoms. The zero-order chi connectivity index (χ0) is 17.6. The molecule has 0 aliphatic rings. The first-order valence-corrected chi connectivity index (χ1v) is 9.45. The molecule has 2 rings (SSSR count). The Bertz CT molecular complexity index is 799. The molecule has 5 nitrogen and oxygen atoms in total. The lowest BCUT2D eigenvalue weighted by Crippen LogP contribution is -2.24. The number of hydrogen-bond donors (Lipinski definition) is 2. The maximum absolute atomic E-state index is 12.5. The summed E-state index contributed by atoms with van der Waals surface area (Å²) in [5.41, 5.74) is 1.94. The highest BCUT2D eigenvalue weighted by Gasteiger charge is 2.16. The molecular weight excluding hydrogens is 324 g/mol. The summed E-state index contributed by atoms with van der Waals surface area (Å²) in [6.07, 6.45) is 1.58. The summed E-state index contributed by atoms with van der Waals surface area (Å²) < 4.78 is 27.6. The average molecular weight is 346 g/mol. The molecular formula is C18H22N2O3S. The molecule has 0 heterocycles. The summed E-state index contributed by atoms with van der Waals surface area (Å²) in [5, 5.41) is 2.76. The van der Waals surface area contributed by atoms with Crippen LogP contribution in [0.4, 0.5) is 5.69 Å². The molecule has 0 saturated heterocycles. The highest BCUT2D eigenvalue weighted by Crippen LogP contribution is 2.20. The zero-order valence-electron chi connectivity index (χ0n) is 13.9. The molecule has 0 atom stereocenters. The van der Waals surface area contributed by atoms with Crippen LogP contribution < -0.4 is 10.0 Å². The van der Waals surface area contributed by atoms with Gasteiger partial charge in [0.2, 0.25) is 0 Å². The Morgan fingerprint density at radius 2 is 1.67 bits per heavy atom. The van der Waals surface area contributed by atoms with E-state index in [9.17, 15) is 13.2 Å². The second-order valence-electron chi connectivity index (χ2n) is 5.40. The van der Waals surface area contributed by atoms with Crippen LogP contribution in [0.25, 0.3) is 0 Å². The van der Waals surface area contributed by atoms with Crippen LogP contribution in [0.15, 0.2) is 53.4 Å². The Morgan fingerprint density at radius 3 is 2.29 bits per heavy atom. The number of rotatable bonds is 7. The molecule has 0 aliphatic carbocycles. The zero-order valence-corrected chi connectivity index (χ0v) is 14.7. The van der Waals surface area contributed by atoms with E-state index in [0.29, 0.717) is 17.8 Å².